The molecule has 1 aromatic heterocycles. The number of amides is 1. The molecular formula is C20H17F4N3O3S. The van der Waals surface area contributed by atoms with Gasteiger partial charge in [-0.05, 0) is 42.3 Å². The number of hydrogen-bond acceptors (Lipinski definition) is 4. The number of halogens is 4. The Morgan fingerprint density at radius 1 is 1.29 bits per heavy atom. The van der Waals surface area contributed by atoms with Crippen LogP contribution in [0.4, 0.5) is 23.2 Å². The van der Waals surface area contributed by atoms with Crippen molar-refractivity contribution in [2.75, 3.05) is 11.0 Å². The smallest absolute Gasteiger partial charge is 0.348 e. The van der Waals surface area contributed by atoms with E-state index in [1.807, 2.05) is 4.72 Å². The van der Waals surface area contributed by atoms with Gasteiger partial charge < -0.3 is 5.32 Å². The minimum Gasteiger partial charge on any atom is -0.348 e. The number of pyridine rings is 1. The molecule has 0 radical (unpaired) electrons. The minimum atomic E-state index is -4.57. The second-order valence-electron chi connectivity index (χ2n) is 6.44. The maximum Gasteiger partial charge on any atom is 0.433 e. The standard InChI is InChI=1S/C20H17F4N3O3S/c1-4-14-9-13(10-16(21)19(14)27-31(3,29)30)11-25-18(28)8-6-15-5-7-17(20(22,23)24)26-12(15)2/h1,5-10,27H,11H2,2-3H3,(H,25,28). The first kappa shape index (κ1) is 23.9. The van der Waals surface area contributed by atoms with E-state index in [2.05, 4.69) is 16.2 Å². The van der Waals surface area contributed by atoms with Crippen molar-refractivity contribution >= 4 is 27.7 Å². The fourth-order valence-corrected chi connectivity index (χ4v) is 3.07. The Morgan fingerprint density at radius 2 is 1.97 bits per heavy atom. The highest BCUT2D eigenvalue weighted by atomic mass is 32.2. The van der Waals surface area contributed by atoms with Crippen LogP contribution in [0.3, 0.4) is 0 Å². The van der Waals surface area contributed by atoms with Crippen molar-refractivity contribution in [1.82, 2.24) is 10.3 Å². The van der Waals surface area contributed by atoms with Crippen LogP contribution in [-0.4, -0.2) is 25.6 Å². The van der Waals surface area contributed by atoms with Crippen LogP contribution in [0.25, 0.3) is 6.08 Å². The molecule has 11 heteroatoms. The molecule has 6 nitrogen and oxygen atoms in total. The molecule has 0 atom stereocenters. The summed E-state index contributed by atoms with van der Waals surface area (Å²) < 4.78 is 76.8. The normalized spacial score (nSPS) is 11.9. The molecule has 0 spiro atoms. The molecule has 2 N–H and O–H groups in total. The molecule has 2 aromatic rings. The van der Waals surface area contributed by atoms with E-state index in [1.54, 1.807) is 0 Å². The number of hydrogen-bond donors (Lipinski definition) is 2. The zero-order valence-corrected chi connectivity index (χ0v) is 17.2. The number of carbonyl (C=O) groups excluding carboxylic acids is 1. The Labute approximate surface area is 176 Å². The summed E-state index contributed by atoms with van der Waals surface area (Å²) in [6.45, 7) is 1.25. The fraction of sp³-hybridized carbons (Fsp3) is 0.200. The third-order valence-corrected chi connectivity index (χ3v) is 4.47. The largest absolute Gasteiger partial charge is 0.433 e. The lowest BCUT2D eigenvalue weighted by atomic mass is 10.1. The topological polar surface area (TPSA) is 88.2 Å². The third kappa shape index (κ3) is 6.82. The van der Waals surface area contributed by atoms with Crippen LogP contribution < -0.4 is 10.0 Å². The van der Waals surface area contributed by atoms with Gasteiger partial charge in [-0.3, -0.25) is 9.52 Å². The number of aryl methyl sites for hydroxylation is 1. The van der Waals surface area contributed by atoms with Gasteiger partial charge in [0, 0.05) is 18.3 Å². The second-order valence-corrected chi connectivity index (χ2v) is 8.19. The number of nitrogens with zero attached hydrogens (tertiary/aromatic N) is 1. The van der Waals surface area contributed by atoms with Gasteiger partial charge in [-0.1, -0.05) is 12.0 Å². The van der Waals surface area contributed by atoms with Gasteiger partial charge in [0.25, 0.3) is 0 Å². The van der Waals surface area contributed by atoms with E-state index < -0.39 is 33.6 Å². The molecular weight excluding hydrogens is 438 g/mol. The van der Waals surface area contributed by atoms with Gasteiger partial charge in [0.15, 0.2) is 0 Å². The van der Waals surface area contributed by atoms with Crippen LogP contribution in [0.2, 0.25) is 0 Å². The number of benzene rings is 1. The number of aromatic nitrogens is 1. The summed E-state index contributed by atoms with van der Waals surface area (Å²) in [4.78, 5) is 15.5. The van der Waals surface area contributed by atoms with Gasteiger partial charge in [0.1, 0.15) is 11.5 Å². The summed E-state index contributed by atoms with van der Waals surface area (Å²) in [7, 11) is -3.75. The molecule has 0 saturated carbocycles. The highest BCUT2D eigenvalue weighted by molar-refractivity contribution is 7.92. The van der Waals surface area contributed by atoms with Crippen LogP contribution in [0.5, 0.6) is 0 Å². The first-order valence-corrected chi connectivity index (χ1v) is 10.5. The average Bonchev–Trinajstić information content (AvgIpc) is 2.65. The Balaban J connectivity index is 2.09. The summed E-state index contributed by atoms with van der Waals surface area (Å²) in [6.07, 6.45) is 3.97. The number of nitrogens with one attached hydrogen (secondary N) is 2. The zero-order valence-electron chi connectivity index (χ0n) is 16.3. The Bertz CT molecular complexity index is 1180. The van der Waals surface area contributed by atoms with Crippen LogP contribution in [-0.2, 0) is 27.5 Å². The predicted octanol–water partition coefficient (Wildman–Crippen LogP) is 3.23. The second kappa shape index (κ2) is 9.18. The lowest BCUT2D eigenvalue weighted by Crippen LogP contribution is -2.21. The average molecular weight is 455 g/mol. The molecule has 164 valence electrons. The Morgan fingerprint density at radius 3 is 2.52 bits per heavy atom. The molecule has 0 fully saturated rings. The number of alkyl halides is 3. The molecule has 1 aromatic carbocycles. The van der Waals surface area contributed by atoms with E-state index in [9.17, 15) is 30.8 Å². The van der Waals surface area contributed by atoms with Crippen LogP contribution in [0.15, 0.2) is 30.3 Å². The fourth-order valence-electron chi connectivity index (χ4n) is 2.49. The van der Waals surface area contributed by atoms with Crippen LogP contribution in [0.1, 0.15) is 28.1 Å². The zero-order chi connectivity index (χ0) is 23.4. The highest BCUT2D eigenvalue weighted by Crippen LogP contribution is 2.28. The first-order chi connectivity index (χ1) is 14.3. The van der Waals surface area contributed by atoms with Crippen molar-refractivity contribution in [3.8, 4) is 12.3 Å². The van der Waals surface area contributed by atoms with E-state index in [4.69, 9.17) is 6.42 Å². The number of anilines is 1. The van der Waals surface area contributed by atoms with Crippen molar-refractivity contribution in [1.29, 1.82) is 0 Å². The monoisotopic (exact) mass is 455 g/mol. The van der Waals surface area contributed by atoms with Crippen LogP contribution >= 0.6 is 0 Å². The number of sulfonamides is 1. The molecule has 0 unspecified atom stereocenters. The van der Waals surface area contributed by atoms with Gasteiger partial charge >= 0.3 is 6.18 Å². The van der Waals surface area contributed by atoms with Crippen LogP contribution in [0, 0.1) is 25.1 Å². The molecule has 0 saturated heterocycles. The quantitative estimate of drug-likeness (QED) is 0.398. The van der Waals surface area contributed by atoms with Gasteiger partial charge in [0.2, 0.25) is 15.9 Å². The maximum absolute atomic E-state index is 14.2. The van der Waals surface area contributed by atoms with Crippen molar-refractivity contribution in [3.05, 3.63) is 64.2 Å². The first-order valence-electron chi connectivity index (χ1n) is 8.57. The summed E-state index contributed by atoms with van der Waals surface area (Å²) in [5.74, 6) is 0.667. The van der Waals surface area contributed by atoms with E-state index in [0.29, 0.717) is 5.56 Å². The molecule has 31 heavy (non-hydrogen) atoms. The number of carbonyl (C=O) groups is 1. The van der Waals surface area contributed by atoms with Gasteiger partial charge in [-0.2, -0.15) is 13.2 Å². The van der Waals surface area contributed by atoms with E-state index in [-0.39, 0.29) is 29.1 Å². The lowest BCUT2D eigenvalue weighted by molar-refractivity contribution is -0.141. The maximum atomic E-state index is 14.2. The van der Waals surface area contributed by atoms with E-state index in [0.717, 1.165) is 24.5 Å². The SMILES string of the molecule is C#Cc1cc(CNC(=O)C=Cc2ccc(C(F)(F)F)nc2C)cc(F)c1NS(C)(=O)=O. The highest BCUT2D eigenvalue weighted by Gasteiger charge is 2.32. The molecule has 0 bridgehead atoms. The van der Waals surface area contributed by atoms with Gasteiger partial charge in [-0.15, -0.1) is 6.42 Å². The van der Waals surface area contributed by atoms with E-state index in [1.165, 1.54) is 25.1 Å². The van der Waals surface area contributed by atoms with Gasteiger partial charge in [0.05, 0.1) is 17.5 Å². The summed E-state index contributed by atoms with van der Waals surface area (Å²) in [6, 6.07) is 4.35. The molecule has 0 aliphatic rings. The lowest BCUT2D eigenvalue weighted by Gasteiger charge is -2.11. The molecule has 2 rings (SSSR count). The molecule has 0 aliphatic carbocycles. The predicted molar refractivity (Wildman–Crippen MR) is 108 cm³/mol. The minimum absolute atomic E-state index is 0.0448. The van der Waals surface area contributed by atoms with Crippen molar-refractivity contribution in [2.24, 2.45) is 0 Å². The van der Waals surface area contributed by atoms with Crippen molar-refractivity contribution in [3.63, 3.8) is 0 Å². The van der Waals surface area contributed by atoms with Crippen molar-refractivity contribution in [2.45, 2.75) is 19.6 Å². The third-order valence-electron chi connectivity index (χ3n) is 3.89. The molecule has 0 aliphatic heterocycles. The number of rotatable bonds is 6. The van der Waals surface area contributed by atoms with E-state index >= 15 is 0 Å². The molecule has 1 heterocycles. The Kier molecular flexibility index (Phi) is 7.07. The van der Waals surface area contributed by atoms with Gasteiger partial charge in [-0.25, -0.2) is 17.8 Å². The summed E-state index contributed by atoms with van der Waals surface area (Å²) >= 11 is 0. The Hall–Kier alpha value is -3.39. The number of terminal acetylenes is 1. The molecule has 1 amide bonds. The summed E-state index contributed by atoms with van der Waals surface area (Å²) in [5, 5.41) is 2.47. The summed E-state index contributed by atoms with van der Waals surface area (Å²) in [5.41, 5.74) is -0.763. The van der Waals surface area contributed by atoms with Crippen molar-refractivity contribution < 1.29 is 30.8 Å².